The number of hydrogen-bond donors (Lipinski definition) is 1. The Kier molecular flexibility index (Phi) is 2.37. The molecule has 1 aliphatic rings. The van der Waals surface area contributed by atoms with E-state index in [-0.39, 0.29) is 5.91 Å². The number of carbonyl (C=O) groups is 1. The van der Waals surface area contributed by atoms with Crippen molar-refractivity contribution in [3.05, 3.63) is 18.2 Å². The summed E-state index contributed by atoms with van der Waals surface area (Å²) in [6, 6.07) is 6.11. The van der Waals surface area contributed by atoms with E-state index in [2.05, 4.69) is 17.4 Å². The SMILES string of the molecule is CN(C)c1ccc2c(c1)NC(=O)CS2. The Morgan fingerprint density at radius 2 is 2.21 bits per heavy atom. The first-order valence-electron chi connectivity index (χ1n) is 4.41. The number of rotatable bonds is 1. The van der Waals surface area contributed by atoms with Crippen LogP contribution in [0.1, 0.15) is 0 Å². The van der Waals surface area contributed by atoms with E-state index < -0.39 is 0 Å². The van der Waals surface area contributed by atoms with Gasteiger partial charge in [-0.05, 0) is 18.2 Å². The monoisotopic (exact) mass is 208 g/mol. The topological polar surface area (TPSA) is 32.3 Å². The van der Waals surface area contributed by atoms with Crippen molar-refractivity contribution in [2.45, 2.75) is 4.90 Å². The van der Waals surface area contributed by atoms with Gasteiger partial charge in [0.1, 0.15) is 0 Å². The highest BCUT2D eigenvalue weighted by Crippen LogP contribution is 2.33. The van der Waals surface area contributed by atoms with Crippen molar-refractivity contribution in [2.24, 2.45) is 0 Å². The molecule has 0 atom stereocenters. The average molecular weight is 208 g/mol. The third kappa shape index (κ3) is 1.70. The second-order valence-electron chi connectivity index (χ2n) is 3.41. The van der Waals surface area contributed by atoms with Crippen molar-refractivity contribution in [2.75, 3.05) is 30.1 Å². The molecule has 4 heteroatoms. The van der Waals surface area contributed by atoms with Crippen LogP contribution in [0.4, 0.5) is 11.4 Å². The summed E-state index contributed by atoms with van der Waals surface area (Å²) in [6.45, 7) is 0. The van der Waals surface area contributed by atoms with E-state index in [4.69, 9.17) is 0 Å². The van der Waals surface area contributed by atoms with E-state index in [1.165, 1.54) is 0 Å². The lowest BCUT2D eigenvalue weighted by atomic mass is 10.2. The van der Waals surface area contributed by atoms with E-state index in [1.54, 1.807) is 11.8 Å². The molecule has 0 unspecified atom stereocenters. The molecule has 0 aromatic heterocycles. The van der Waals surface area contributed by atoms with Gasteiger partial charge in [0, 0.05) is 24.7 Å². The maximum Gasteiger partial charge on any atom is 0.234 e. The third-order valence-electron chi connectivity index (χ3n) is 2.11. The number of anilines is 2. The van der Waals surface area contributed by atoms with E-state index in [0.717, 1.165) is 16.3 Å². The van der Waals surface area contributed by atoms with Crippen molar-refractivity contribution in [1.82, 2.24) is 0 Å². The van der Waals surface area contributed by atoms with Crippen LogP contribution in [0, 0.1) is 0 Å². The van der Waals surface area contributed by atoms with Crippen molar-refractivity contribution >= 4 is 29.0 Å². The number of nitrogens with one attached hydrogen (secondary N) is 1. The molecule has 0 aliphatic carbocycles. The predicted octanol–water partition coefficient (Wildman–Crippen LogP) is 1.80. The highest BCUT2D eigenvalue weighted by atomic mass is 32.2. The van der Waals surface area contributed by atoms with Crippen LogP contribution in [0.25, 0.3) is 0 Å². The second-order valence-corrected chi connectivity index (χ2v) is 4.43. The van der Waals surface area contributed by atoms with Crippen LogP contribution in [-0.4, -0.2) is 25.8 Å². The number of carbonyl (C=O) groups excluding carboxylic acids is 1. The van der Waals surface area contributed by atoms with Crippen LogP contribution in [0.3, 0.4) is 0 Å². The van der Waals surface area contributed by atoms with E-state index >= 15 is 0 Å². The Labute approximate surface area is 87.5 Å². The van der Waals surface area contributed by atoms with E-state index in [1.807, 2.05) is 25.1 Å². The largest absolute Gasteiger partial charge is 0.378 e. The van der Waals surface area contributed by atoms with Crippen LogP contribution in [-0.2, 0) is 4.79 Å². The first kappa shape index (κ1) is 9.40. The fraction of sp³-hybridized carbons (Fsp3) is 0.300. The summed E-state index contributed by atoms with van der Waals surface area (Å²) >= 11 is 1.59. The molecule has 0 fully saturated rings. The lowest BCUT2D eigenvalue weighted by Crippen LogP contribution is -2.19. The Balaban J connectivity index is 2.37. The van der Waals surface area contributed by atoms with Crippen molar-refractivity contribution in [3.8, 4) is 0 Å². The fourth-order valence-electron chi connectivity index (χ4n) is 1.35. The molecule has 0 saturated heterocycles. The average Bonchev–Trinajstić information content (AvgIpc) is 2.16. The smallest absolute Gasteiger partial charge is 0.234 e. The third-order valence-corrected chi connectivity index (χ3v) is 3.19. The number of nitrogens with zero attached hydrogens (tertiary/aromatic N) is 1. The van der Waals surface area contributed by atoms with Gasteiger partial charge >= 0.3 is 0 Å². The van der Waals surface area contributed by atoms with E-state index in [0.29, 0.717) is 5.75 Å². The Morgan fingerprint density at radius 1 is 1.43 bits per heavy atom. The first-order valence-corrected chi connectivity index (χ1v) is 5.39. The van der Waals surface area contributed by atoms with Crippen LogP contribution in [0.15, 0.2) is 23.1 Å². The Hall–Kier alpha value is -1.16. The minimum atomic E-state index is 0.0819. The summed E-state index contributed by atoms with van der Waals surface area (Å²) in [7, 11) is 3.97. The summed E-state index contributed by atoms with van der Waals surface area (Å²) in [5.41, 5.74) is 2.03. The quantitative estimate of drug-likeness (QED) is 0.763. The van der Waals surface area contributed by atoms with Gasteiger partial charge in [0.25, 0.3) is 0 Å². The highest BCUT2D eigenvalue weighted by molar-refractivity contribution is 8.00. The number of hydrogen-bond acceptors (Lipinski definition) is 3. The fourth-order valence-corrected chi connectivity index (χ4v) is 2.14. The molecule has 0 radical (unpaired) electrons. The van der Waals surface area contributed by atoms with Gasteiger partial charge in [0.2, 0.25) is 5.91 Å². The maximum absolute atomic E-state index is 11.2. The van der Waals surface area contributed by atoms with Crippen LogP contribution < -0.4 is 10.2 Å². The lowest BCUT2D eigenvalue weighted by molar-refractivity contribution is -0.113. The molecule has 0 spiro atoms. The number of benzene rings is 1. The molecule has 0 bridgehead atoms. The van der Waals surface area contributed by atoms with Gasteiger partial charge in [-0.3, -0.25) is 4.79 Å². The number of thioether (sulfide) groups is 1. The summed E-state index contributed by atoms with van der Waals surface area (Å²) < 4.78 is 0. The molecule has 14 heavy (non-hydrogen) atoms. The normalized spacial score (nSPS) is 14.6. The molecule has 74 valence electrons. The minimum absolute atomic E-state index is 0.0819. The summed E-state index contributed by atoms with van der Waals surface area (Å²) in [5, 5.41) is 2.87. The predicted molar refractivity (Wildman–Crippen MR) is 60.1 cm³/mol. The van der Waals surface area contributed by atoms with Gasteiger partial charge in [0.05, 0.1) is 11.4 Å². The Morgan fingerprint density at radius 3 is 2.93 bits per heavy atom. The molecule has 1 aromatic carbocycles. The second kappa shape index (κ2) is 3.53. The summed E-state index contributed by atoms with van der Waals surface area (Å²) in [4.78, 5) is 14.3. The molecule has 1 N–H and O–H groups in total. The van der Waals surface area contributed by atoms with Gasteiger partial charge in [-0.2, -0.15) is 0 Å². The van der Waals surface area contributed by atoms with Gasteiger partial charge in [-0.15, -0.1) is 11.8 Å². The van der Waals surface area contributed by atoms with Crippen molar-refractivity contribution < 1.29 is 4.79 Å². The highest BCUT2D eigenvalue weighted by Gasteiger charge is 2.15. The lowest BCUT2D eigenvalue weighted by Gasteiger charge is -2.19. The van der Waals surface area contributed by atoms with Crippen molar-refractivity contribution in [1.29, 1.82) is 0 Å². The molecular weight excluding hydrogens is 196 g/mol. The van der Waals surface area contributed by atoms with Crippen LogP contribution in [0.5, 0.6) is 0 Å². The molecule has 3 nitrogen and oxygen atoms in total. The standard InChI is InChI=1S/C10H12N2OS/c1-12(2)7-3-4-9-8(5-7)11-10(13)6-14-9/h3-5H,6H2,1-2H3,(H,11,13). The summed E-state index contributed by atoms with van der Waals surface area (Å²) in [5.74, 6) is 0.604. The van der Waals surface area contributed by atoms with Crippen LogP contribution >= 0.6 is 11.8 Å². The molecule has 1 amide bonds. The number of amides is 1. The van der Waals surface area contributed by atoms with Gasteiger partial charge in [0.15, 0.2) is 0 Å². The first-order chi connectivity index (χ1) is 6.66. The number of fused-ring (bicyclic) bond motifs is 1. The van der Waals surface area contributed by atoms with E-state index in [9.17, 15) is 4.79 Å². The zero-order valence-electron chi connectivity index (χ0n) is 8.20. The Bertz CT molecular complexity index is 376. The molecular formula is C10H12N2OS. The summed E-state index contributed by atoms with van der Waals surface area (Å²) in [6.07, 6.45) is 0. The van der Waals surface area contributed by atoms with Crippen LogP contribution in [0.2, 0.25) is 0 Å². The molecule has 1 aromatic rings. The molecule has 1 heterocycles. The van der Waals surface area contributed by atoms with Gasteiger partial charge in [-0.25, -0.2) is 0 Å². The molecule has 0 saturated carbocycles. The molecule has 2 rings (SSSR count). The minimum Gasteiger partial charge on any atom is -0.378 e. The zero-order chi connectivity index (χ0) is 10.1. The van der Waals surface area contributed by atoms with Crippen molar-refractivity contribution in [3.63, 3.8) is 0 Å². The van der Waals surface area contributed by atoms with Gasteiger partial charge < -0.3 is 10.2 Å². The zero-order valence-corrected chi connectivity index (χ0v) is 9.02. The maximum atomic E-state index is 11.2. The van der Waals surface area contributed by atoms with Gasteiger partial charge in [-0.1, -0.05) is 0 Å². The molecule has 1 aliphatic heterocycles.